The molecule has 40 heavy (non-hydrogen) atoms. The van der Waals surface area contributed by atoms with Crippen LogP contribution in [0.2, 0.25) is 0 Å². The van der Waals surface area contributed by atoms with Gasteiger partial charge in [0, 0.05) is 29.9 Å². The maximum absolute atomic E-state index is 13.5. The normalized spacial score (nSPS) is 18.5. The van der Waals surface area contributed by atoms with Crippen LogP contribution < -0.4 is 32.7 Å². The molecule has 2 aromatic rings. The number of nitro benzene ring substituents is 1. The molecule has 0 fully saturated rings. The predicted octanol–water partition coefficient (Wildman–Crippen LogP) is 1.83. The van der Waals surface area contributed by atoms with Crippen molar-refractivity contribution in [2.45, 2.75) is 58.2 Å². The minimum Gasteiger partial charge on any atom is -0.366 e. The van der Waals surface area contributed by atoms with Crippen LogP contribution in [0, 0.1) is 16.0 Å². The molecule has 0 saturated heterocycles. The number of nitrogens with two attached hydrogens (primary N) is 2. The van der Waals surface area contributed by atoms with Gasteiger partial charge >= 0.3 is 0 Å². The van der Waals surface area contributed by atoms with E-state index in [2.05, 4.69) is 21.3 Å². The summed E-state index contributed by atoms with van der Waals surface area (Å²) in [5.74, 6) is -2.69. The average Bonchev–Trinajstić information content (AvgIpc) is 2.93. The number of fused-ring (bicyclic) bond motifs is 2. The number of hydrogen-bond acceptors (Lipinski definition) is 8. The molecule has 3 atom stereocenters. The van der Waals surface area contributed by atoms with E-state index >= 15 is 0 Å². The maximum Gasteiger partial charge on any atom is 0.270 e. The fourth-order valence-electron chi connectivity index (χ4n) is 4.34. The average molecular weight is 554 g/mol. The zero-order chi connectivity index (χ0) is 29.4. The van der Waals surface area contributed by atoms with Gasteiger partial charge in [-0.1, -0.05) is 26.3 Å². The molecule has 2 aromatic carbocycles. The van der Waals surface area contributed by atoms with E-state index in [1.54, 1.807) is 13.0 Å². The molecule has 0 radical (unpaired) electrons. The molecular weight excluding hydrogens is 518 g/mol. The number of non-ortho nitro benzene ring substituents is 1. The Hall–Kier alpha value is -4.52. The number of amides is 4. The number of unbranched alkanes of at least 4 members (excludes halogenated alkanes) is 1. The van der Waals surface area contributed by atoms with Gasteiger partial charge in [-0.25, -0.2) is 0 Å². The summed E-state index contributed by atoms with van der Waals surface area (Å²) in [6, 6.07) is 6.37. The van der Waals surface area contributed by atoms with Gasteiger partial charge in [0.1, 0.15) is 12.1 Å². The van der Waals surface area contributed by atoms with Gasteiger partial charge in [-0.2, -0.15) is 0 Å². The Morgan fingerprint density at radius 1 is 1.07 bits per heavy atom. The van der Waals surface area contributed by atoms with Gasteiger partial charge in [0.2, 0.25) is 17.7 Å². The van der Waals surface area contributed by atoms with Crippen LogP contribution in [0.4, 0.5) is 17.1 Å². The first kappa shape index (κ1) is 30.0. The number of nitrogens with zero attached hydrogens (tertiary/aromatic N) is 1. The summed E-state index contributed by atoms with van der Waals surface area (Å²) in [4.78, 5) is 62.9. The molecule has 0 aromatic heterocycles. The molecule has 1 aliphatic rings. The number of carbonyl (C=O) groups excluding carboxylic acids is 4. The minimum absolute atomic E-state index is 0.0206. The Labute approximate surface area is 231 Å². The standard InChI is InChI=1S/C27H35N7O6/c1-3-15(2)23-27(38)32-21(6-4-5-11-28)26(37)30-14-17-8-7-16(24(29)35)12-22(17)31-20-10-9-18(34(39)40)13-19(20)25(36)33-23/h7-10,12-13,15,21,23,31H,3-6,11,14,28H2,1-2H3,(H2,29,35)(H,30,37)(H,32,38)(H,33,36)/t15-,21-,23-/m0/s1. The molecule has 0 unspecified atom stereocenters. The van der Waals surface area contributed by atoms with Crippen molar-refractivity contribution >= 4 is 40.7 Å². The summed E-state index contributed by atoms with van der Waals surface area (Å²) in [6.45, 7) is 4.09. The molecule has 214 valence electrons. The lowest BCUT2D eigenvalue weighted by molar-refractivity contribution is -0.384. The Morgan fingerprint density at radius 2 is 1.82 bits per heavy atom. The first-order valence-corrected chi connectivity index (χ1v) is 13.1. The number of rotatable bonds is 8. The first-order valence-electron chi connectivity index (χ1n) is 13.1. The van der Waals surface area contributed by atoms with Crippen LogP contribution in [0.15, 0.2) is 36.4 Å². The largest absolute Gasteiger partial charge is 0.366 e. The summed E-state index contributed by atoms with van der Waals surface area (Å²) in [6.07, 6.45) is 2.11. The van der Waals surface area contributed by atoms with Crippen molar-refractivity contribution < 1.29 is 24.1 Å². The SMILES string of the molecule is CC[C@H](C)[C@@H]1NC(=O)c2cc([N+](=O)[O-])ccc2Nc2cc(C(N)=O)ccc2CNC(=O)[C@H](CCCCN)NC1=O. The number of anilines is 2. The molecule has 4 amide bonds. The summed E-state index contributed by atoms with van der Waals surface area (Å²) < 4.78 is 0. The van der Waals surface area contributed by atoms with E-state index < -0.39 is 40.6 Å². The molecule has 0 spiro atoms. The van der Waals surface area contributed by atoms with E-state index in [4.69, 9.17) is 11.5 Å². The highest BCUT2D eigenvalue weighted by Crippen LogP contribution is 2.29. The third-order valence-electron chi connectivity index (χ3n) is 6.94. The quantitative estimate of drug-likeness (QED) is 0.161. The second kappa shape index (κ2) is 13.5. The molecule has 0 aliphatic carbocycles. The predicted molar refractivity (Wildman–Crippen MR) is 149 cm³/mol. The van der Waals surface area contributed by atoms with Gasteiger partial charge in [-0.3, -0.25) is 29.3 Å². The second-order valence-electron chi connectivity index (χ2n) is 9.75. The lowest BCUT2D eigenvalue weighted by Crippen LogP contribution is -2.55. The van der Waals surface area contributed by atoms with Crippen LogP contribution >= 0.6 is 0 Å². The Kier molecular flexibility index (Phi) is 10.1. The zero-order valence-corrected chi connectivity index (χ0v) is 22.5. The van der Waals surface area contributed by atoms with Gasteiger partial charge in [-0.15, -0.1) is 0 Å². The van der Waals surface area contributed by atoms with Crippen molar-refractivity contribution in [3.63, 3.8) is 0 Å². The molecule has 1 heterocycles. The monoisotopic (exact) mass is 553 g/mol. The van der Waals surface area contributed by atoms with Crippen molar-refractivity contribution in [1.29, 1.82) is 0 Å². The lowest BCUT2D eigenvalue weighted by Gasteiger charge is -2.27. The molecular formula is C27H35N7O6. The highest BCUT2D eigenvalue weighted by Gasteiger charge is 2.31. The fourth-order valence-corrected chi connectivity index (χ4v) is 4.34. The number of nitrogens with one attached hydrogen (secondary N) is 4. The van der Waals surface area contributed by atoms with Crippen LogP contribution in [0.1, 0.15) is 65.8 Å². The Balaban J connectivity index is 2.15. The topological polar surface area (TPSA) is 212 Å². The van der Waals surface area contributed by atoms with Gasteiger partial charge in [0.25, 0.3) is 11.6 Å². The van der Waals surface area contributed by atoms with Gasteiger partial charge in [0.05, 0.1) is 16.2 Å². The van der Waals surface area contributed by atoms with E-state index in [0.29, 0.717) is 43.5 Å². The summed E-state index contributed by atoms with van der Waals surface area (Å²) in [7, 11) is 0. The maximum atomic E-state index is 13.5. The number of primary amides is 1. The number of hydrogen-bond donors (Lipinski definition) is 6. The second-order valence-corrected chi connectivity index (χ2v) is 9.75. The molecule has 13 nitrogen and oxygen atoms in total. The number of benzene rings is 2. The van der Waals surface area contributed by atoms with Crippen molar-refractivity contribution in [3.8, 4) is 0 Å². The smallest absolute Gasteiger partial charge is 0.270 e. The van der Waals surface area contributed by atoms with Crippen molar-refractivity contribution in [1.82, 2.24) is 16.0 Å². The van der Waals surface area contributed by atoms with E-state index in [-0.39, 0.29) is 35.0 Å². The Morgan fingerprint density at radius 3 is 2.48 bits per heavy atom. The van der Waals surface area contributed by atoms with Crippen LogP contribution in [0.25, 0.3) is 0 Å². The van der Waals surface area contributed by atoms with E-state index in [9.17, 15) is 29.3 Å². The van der Waals surface area contributed by atoms with Crippen molar-refractivity contribution in [2.24, 2.45) is 17.4 Å². The van der Waals surface area contributed by atoms with E-state index in [0.717, 1.165) is 6.07 Å². The highest BCUT2D eigenvalue weighted by molar-refractivity contribution is 6.04. The van der Waals surface area contributed by atoms with Gasteiger partial charge in [-0.05, 0) is 55.5 Å². The highest BCUT2D eigenvalue weighted by atomic mass is 16.6. The Bertz CT molecular complexity index is 1300. The zero-order valence-electron chi connectivity index (χ0n) is 22.5. The van der Waals surface area contributed by atoms with Crippen molar-refractivity contribution in [3.05, 3.63) is 63.2 Å². The summed E-state index contributed by atoms with van der Waals surface area (Å²) >= 11 is 0. The van der Waals surface area contributed by atoms with Crippen LogP contribution in [-0.2, 0) is 16.1 Å². The van der Waals surface area contributed by atoms with Crippen LogP contribution in [0.5, 0.6) is 0 Å². The fraction of sp³-hybridized carbons (Fsp3) is 0.407. The summed E-state index contributed by atoms with van der Waals surface area (Å²) in [5.41, 5.74) is 12.0. The first-order chi connectivity index (χ1) is 19.0. The molecule has 1 aliphatic heterocycles. The molecule has 0 saturated carbocycles. The number of carbonyl (C=O) groups is 4. The van der Waals surface area contributed by atoms with Crippen molar-refractivity contribution in [2.75, 3.05) is 11.9 Å². The lowest BCUT2D eigenvalue weighted by atomic mass is 9.96. The third-order valence-corrected chi connectivity index (χ3v) is 6.94. The molecule has 3 rings (SSSR count). The minimum atomic E-state index is -1.02. The van der Waals surface area contributed by atoms with Crippen LogP contribution in [-0.4, -0.2) is 47.2 Å². The van der Waals surface area contributed by atoms with E-state index in [1.807, 2.05) is 6.92 Å². The van der Waals surface area contributed by atoms with Gasteiger partial charge in [0.15, 0.2) is 0 Å². The van der Waals surface area contributed by atoms with E-state index in [1.165, 1.54) is 24.3 Å². The number of nitro groups is 1. The van der Waals surface area contributed by atoms with Gasteiger partial charge < -0.3 is 32.7 Å². The molecule has 8 N–H and O–H groups in total. The molecule has 13 heteroatoms. The third kappa shape index (κ3) is 7.32. The van der Waals surface area contributed by atoms with Crippen LogP contribution in [0.3, 0.4) is 0 Å². The summed E-state index contributed by atoms with van der Waals surface area (Å²) in [5, 5.41) is 22.9. The molecule has 0 bridgehead atoms.